The van der Waals surface area contributed by atoms with Crippen molar-refractivity contribution < 1.29 is 14.3 Å². The van der Waals surface area contributed by atoms with E-state index in [1.54, 1.807) is 31.5 Å². The molecule has 1 aliphatic carbocycles. The van der Waals surface area contributed by atoms with Gasteiger partial charge < -0.3 is 15.2 Å². The smallest absolute Gasteiger partial charge is 0.315 e. The number of esters is 1. The van der Waals surface area contributed by atoms with Gasteiger partial charge >= 0.3 is 5.97 Å². The van der Waals surface area contributed by atoms with Gasteiger partial charge in [-0.1, -0.05) is 0 Å². The summed E-state index contributed by atoms with van der Waals surface area (Å²) in [6.07, 6.45) is 6.21. The van der Waals surface area contributed by atoms with Gasteiger partial charge in [0.2, 0.25) is 5.88 Å². The number of carbonyl (C=O) groups is 1. The van der Waals surface area contributed by atoms with E-state index in [0.717, 1.165) is 18.4 Å². The molecule has 2 aromatic rings. The average molecular weight is 341 g/mol. The van der Waals surface area contributed by atoms with Crippen LogP contribution < -0.4 is 10.5 Å². The Morgan fingerprint density at radius 1 is 1.24 bits per heavy atom. The average Bonchev–Trinajstić information content (AvgIpc) is 3.42. The number of amidine groups is 1. The third-order valence-corrected chi connectivity index (χ3v) is 4.02. The van der Waals surface area contributed by atoms with E-state index < -0.39 is 5.41 Å². The summed E-state index contributed by atoms with van der Waals surface area (Å²) >= 11 is 0. The van der Waals surface area contributed by atoms with E-state index in [4.69, 9.17) is 20.6 Å². The summed E-state index contributed by atoms with van der Waals surface area (Å²) in [6.45, 7) is 2.40. The zero-order valence-electron chi connectivity index (χ0n) is 13.9. The van der Waals surface area contributed by atoms with Crippen LogP contribution in [0.3, 0.4) is 0 Å². The Balaban J connectivity index is 1.62. The Bertz CT molecular complexity index is 770. The van der Waals surface area contributed by atoms with E-state index in [-0.39, 0.29) is 18.4 Å². The molecule has 130 valence electrons. The lowest BCUT2D eigenvalue weighted by atomic mass is 10.1. The molecule has 0 radical (unpaired) electrons. The number of nitrogen functional groups attached to an aromatic ring is 1. The summed E-state index contributed by atoms with van der Waals surface area (Å²) in [5.74, 6) is 0.0563. The molecule has 2 heterocycles. The number of ether oxygens (including phenoxy) is 2. The number of nitrogens with two attached hydrogens (primary N) is 1. The Labute approximate surface area is 144 Å². The molecule has 3 rings (SSSR count). The van der Waals surface area contributed by atoms with E-state index in [1.807, 2.05) is 0 Å². The predicted octanol–water partition coefficient (Wildman–Crippen LogP) is 1.54. The van der Waals surface area contributed by atoms with Crippen molar-refractivity contribution in [2.45, 2.75) is 19.8 Å². The van der Waals surface area contributed by atoms with Gasteiger partial charge in [0.1, 0.15) is 23.6 Å². The van der Waals surface area contributed by atoms with Crippen molar-refractivity contribution in [3.05, 3.63) is 36.4 Å². The van der Waals surface area contributed by atoms with E-state index in [9.17, 15) is 4.79 Å². The Hall–Kier alpha value is -3.03. The third kappa shape index (κ3) is 3.73. The van der Waals surface area contributed by atoms with E-state index in [2.05, 4.69) is 15.0 Å². The molecule has 0 atom stereocenters. The first-order valence-corrected chi connectivity index (χ1v) is 7.97. The maximum Gasteiger partial charge on any atom is 0.315 e. The highest BCUT2D eigenvalue weighted by atomic mass is 16.5. The summed E-state index contributed by atoms with van der Waals surface area (Å²) < 4.78 is 10.7. The van der Waals surface area contributed by atoms with Gasteiger partial charge in [-0.25, -0.2) is 9.97 Å². The van der Waals surface area contributed by atoms with Crippen LogP contribution in [0.2, 0.25) is 0 Å². The highest BCUT2D eigenvalue weighted by Gasteiger charge is 2.52. The van der Waals surface area contributed by atoms with Gasteiger partial charge in [0.05, 0.1) is 24.7 Å². The molecule has 0 aliphatic heterocycles. The first-order chi connectivity index (χ1) is 12.0. The molecule has 1 aliphatic rings. The fourth-order valence-corrected chi connectivity index (χ4v) is 2.30. The molecular formula is C17H19N5O3. The number of pyridine rings is 1. The maximum absolute atomic E-state index is 11.9. The zero-order valence-corrected chi connectivity index (χ0v) is 13.9. The summed E-state index contributed by atoms with van der Waals surface area (Å²) in [5.41, 5.74) is 6.65. The minimum atomic E-state index is -0.525. The number of nitrogens with zero attached hydrogens (tertiary/aromatic N) is 3. The SMILES string of the molecule is CCOC(=O)C1(COc2cnc(-c3ccc(C(=N)N)nc3)cn2)CC1. The Morgan fingerprint density at radius 3 is 2.56 bits per heavy atom. The molecule has 0 unspecified atom stereocenters. The van der Waals surface area contributed by atoms with Crippen LogP contribution in [0.4, 0.5) is 0 Å². The molecule has 1 saturated carbocycles. The standard InChI is InChI=1S/C17H19N5O3/c1-2-24-16(23)17(5-6-17)10-25-14-9-21-13(8-22-14)11-3-4-12(15(18)19)20-7-11/h3-4,7-9H,2,5-6,10H2,1H3,(H3,18,19). The van der Waals surface area contributed by atoms with Crippen LogP contribution in [0.25, 0.3) is 11.3 Å². The predicted molar refractivity (Wildman–Crippen MR) is 90.1 cm³/mol. The van der Waals surface area contributed by atoms with Gasteiger partial charge in [0.25, 0.3) is 0 Å². The number of rotatable bonds is 7. The molecular weight excluding hydrogens is 322 g/mol. The molecule has 0 bridgehead atoms. The second kappa shape index (κ2) is 6.84. The second-order valence-corrected chi connectivity index (χ2v) is 5.88. The molecule has 8 nitrogen and oxygen atoms in total. The number of hydrogen-bond acceptors (Lipinski definition) is 7. The van der Waals surface area contributed by atoms with E-state index >= 15 is 0 Å². The molecule has 1 fully saturated rings. The maximum atomic E-state index is 11.9. The van der Waals surface area contributed by atoms with E-state index in [0.29, 0.717) is 23.9 Å². The monoisotopic (exact) mass is 341 g/mol. The van der Waals surface area contributed by atoms with Gasteiger partial charge in [-0.2, -0.15) is 0 Å². The van der Waals surface area contributed by atoms with Gasteiger partial charge in [-0.15, -0.1) is 0 Å². The third-order valence-electron chi connectivity index (χ3n) is 4.02. The summed E-state index contributed by atoms with van der Waals surface area (Å²) in [6, 6.07) is 3.42. The molecule has 0 saturated heterocycles. The lowest BCUT2D eigenvalue weighted by Gasteiger charge is -2.14. The lowest BCUT2D eigenvalue weighted by Crippen LogP contribution is -2.26. The van der Waals surface area contributed by atoms with Crippen molar-refractivity contribution in [1.82, 2.24) is 15.0 Å². The molecule has 0 aromatic carbocycles. The highest BCUT2D eigenvalue weighted by molar-refractivity contribution is 5.93. The van der Waals surface area contributed by atoms with Gasteiger partial charge in [0.15, 0.2) is 0 Å². The van der Waals surface area contributed by atoms with Crippen molar-refractivity contribution >= 4 is 11.8 Å². The minimum absolute atomic E-state index is 0.0861. The molecule has 0 amide bonds. The number of aromatic nitrogens is 3. The fraction of sp³-hybridized carbons (Fsp3) is 0.353. The lowest BCUT2D eigenvalue weighted by molar-refractivity contribution is -0.150. The first-order valence-electron chi connectivity index (χ1n) is 7.97. The molecule has 3 N–H and O–H groups in total. The van der Waals surface area contributed by atoms with Gasteiger partial charge in [-0.3, -0.25) is 15.2 Å². The van der Waals surface area contributed by atoms with Crippen LogP contribution in [0.15, 0.2) is 30.7 Å². The normalized spacial score (nSPS) is 14.6. The van der Waals surface area contributed by atoms with E-state index in [1.165, 1.54) is 6.20 Å². The van der Waals surface area contributed by atoms with Crippen LogP contribution >= 0.6 is 0 Å². The Kier molecular flexibility index (Phi) is 4.60. The van der Waals surface area contributed by atoms with Gasteiger partial charge in [0, 0.05) is 11.8 Å². The summed E-state index contributed by atoms with van der Waals surface area (Å²) in [4.78, 5) is 24.5. The van der Waals surface area contributed by atoms with Crippen molar-refractivity contribution in [2.75, 3.05) is 13.2 Å². The Morgan fingerprint density at radius 2 is 2.04 bits per heavy atom. The topological polar surface area (TPSA) is 124 Å². The number of carbonyl (C=O) groups excluding carboxylic acids is 1. The van der Waals surface area contributed by atoms with Crippen LogP contribution in [0, 0.1) is 10.8 Å². The fourth-order valence-electron chi connectivity index (χ4n) is 2.30. The van der Waals surface area contributed by atoms with Crippen molar-refractivity contribution in [3.63, 3.8) is 0 Å². The van der Waals surface area contributed by atoms with Crippen LogP contribution in [-0.2, 0) is 9.53 Å². The molecule has 2 aromatic heterocycles. The summed E-state index contributed by atoms with van der Waals surface area (Å²) in [7, 11) is 0. The van der Waals surface area contributed by atoms with Gasteiger partial charge in [-0.05, 0) is 31.9 Å². The second-order valence-electron chi connectivity index (χ2n) is 5.88. The zero-order chi connectivity index (χ0) is 17.9. The van der Waals surface area contributed by atoms with Crippen molar-refractivity contribution in [1.29, 1.82) is 5.41 Å². The van der Waals surface area contributed by atoms with Crippen LogP contribution in [0.1, 0.15) is 25.5 Å². The van der Waals surface area contributed by atoms with Crippen LogP contribution in [0.5, 0.6) is 5.88 Å². The first kappa shape index (κ1) is 16.8. The quantitative estimate of drug-likeness (QED) is 0.444. The highest BCUT2D eigenvalue weighted by Crippen LogP contribution is 2.46. The molecule has 8 heteroatoms. The van der Waals surface area contributed by atoms with Crippen molar-refractivity contribution in [3.8, 4) is 17.1 Å². The summed E-state index contributed by atoms with van der Waals surface area (Å²) in [5, 5.41) is 7.33. The molecule has 0 spiro atoms. The van der Waals surface area contributed by atoms with Crippen molar-refractivity contribution in [2.24, 2.45) is 11.1 Å². The number of hydrogen-bond donors (Lipinski definition) is 2. The minimum Gasteiger partial charge on any atom is -0.475 e. The molecule has 25 heavy (non-hydrogen) atoms. The van der Waals surface area contributed by atoms with Crippen LogP contribution in [-0.4, -0.2) is 40.0 Å². The largest absolute Gasteiger partial charge is 0.475 e. The number of nitrogens with one attached hydrogen (secondary N) is 1.